The maximum atomic E-state index is 12.4. The van der Waals surface area contributed by atoms with Crippen LogP contribution in [0.5, 0.6) is 0 Å². The van der Waals surface area contributed by atoms with Crippen LogP contribution in [-0.4, -0.2) is 42.8 Å². The molecule has 0 radical (unpaired) electrons. The molecule has 160 valence electrons. The predicted molar refractivity (Wildman–Crippen MR) is 121 cm³/mol. The molecule has 2 aliphatic rings. The quantitative estimate of drug-likeness (QED) is 0.504. The van der Waals surface area contributed by atoms with Gasteiger partial charge in [0, 0.05) is 37.3 Å². The van der Waals surface area contributed by atoms with Gasteiger partial charge in [0.25, 0.3) is 5.56 Å². The van der Waals surface area contributed by atoms with Crippen LogP contribution in [0, 0.1) is 5.92 Å². The van der Waals surface area contributed by atoms with E-state index in [1.54, 1.807) is 6.07 Å². The van der Waals surface area contributed by atoms with Crippen LogP contribution >= 0.6 is 0 Å². The summed E-state index contributed by atoms with van der Waals surface area (Å²) in [5.41, 5.74) is 3.37. The van der Waals surface area contributed by atoms with Gasteiger partial charge in [-0.1, -0.05) is 54.6 Å². The SMILES string of the molecule is O=c1cccc2n1C[C@@H]1C[C@@H]2CN(C(c2ccccc2)c2nnnn2-c2ccccc2)C1. The molecular formula is C25H24N6O. The number of para-hydroxylation sites is 1. The van der Waals surface area contributed by atoms with Gasteiger partial charge in [0.1, 0.15) is 0 Å². The van der Waals surface area contributed by atoms with Gasteiger partial charge >= 0.3 is 0 Å². The van der Waals surface area contributed by atoms with E-state index in [1.807, 2.05) is 51.7 Å². The number of rotatable bonds is 4. The van der Waals surface area contributed by atoms with E-state index in [9.17, 15) is 4.79 Å². The van der Waals surface area contributed by atoms with E-state index in [0.717, 1.165) is 43.3 Å². The summed E-state index contributed by atoms with van der Waals surface area (Å²) in [6.07, 6.45) is 1.12. The molecule has 0 saturated carbocycles. The summed E-state index contributed by atoms with van der Waals surface area (Å²) in [6, 6.07) is 26.1. The van der Waals surface area contributed by atoms with Gasteiger partial charge in [-0.3, -0.25) is 9.69 Å². The van der Waals surface area contributed by atoms with E-state index in [1.165, 1.54) is 5.56 Å². The zero-order valence-electron chi connectivity index (χ0n) is 17.7. The third-order valence-electron chi connectivity index (χ3n) is 6.73. The fourth-order valence-corrected chi connectivity index (χ4v) is 5.42. The highest BCUT2D eigenvalue weighted by molar-refractivity contribution is 5.34. The molecule has 6 rings (SSSR count). The van der Waals surface area contributed by atoms with E-state index in [0.29, 0.717) is 11.8 Å². The minimum absolute atomic E-state index is 0.0707. The number of benzene rings is 2. The molecule has 2 aliphatic heterocycles. The smallest absolute Gasteiger partial charge is 0.250 e. The molecule has 4 heterocycles. The van der Waals surface area contributed by atoms with Crippen molar-refractivity contribution in [3.05, 3.63) is 106 Å². The first-order valence-corrected chi connectivity index (χ1v) is 11.1. The van der Waals surface area contributed by atoms with Crippen molar-refractivity contribution in [1.29, 1.82) is 0 Å². The molecule has 2 aromatic heterocycles. The van der Waals surface area contributed by atoms with Crippen molar-refractivity contribution >= 4 is 0 Å². The Balaban J connectivity index is 1.43. The standard InChI is InChI=1S/C25H24N6O/c32-23-13-7-12-22-20-14-18(16-30(22)23)15-29(17-20)24(19-8-3-1-4-9-19)25-26-27-28-31(25)21-10-5-2-6-11-21/h1-13,18,20,24H,14-17H2/t18-,20-,24?/m1/s1. The van der Waals surface area contributed by atoms with Crippen molar-refractivity contribution < 1.29 is 0 Å². The zero-order valence-corrected chi connectivity index (χ0v) is 17.7. The lowest BCUT2D eigenvalue weighted by molar-refractivity contribution is 0.0913. The summed E-state index contributed by atoms with van der Waals surface area (Å²) < 4.78 is 3.82. The number of likely N-dealkylation sites (tertiary alicyclic amines) is 1. The van der Waals surface area contributed by atoms with Gasteiger partial charge in [-0.25, -0.2) is 0 Å². The van der Waals surface area contributed by atoms with Crippen LogP contribution in [0.15, 0.2) is 83.7 Å². The summed E-state index contributed by atoms with van der Waals surface area (Å²) in [6.45, 7) is 2.53. The molecule has 1 fully saturated rings. The van der Waals surface area contributed by atoms with Crippen molar-refractivity contribution in [3.63, 3.8) is 0 Å². The first kappa shape index (κ1) is 19.1. The highest BCUT2D eigenvalue weighted by Gasteiger charge is 2.39. The Morgan fingerprint density at radius 1 is 0.844 bits per heavy atom. The molecule has 4 aromatic rings. The summed E-state index contributed by atoms with van der Waals surface area (Å²) in [5.74, 6) is 1.56. The fraction of sp³-hybridized carbons (Fsp3) is 0.280. The Labute approximate surface area is 185 Å². The summed E-state index contributed by atoms with van der Waals surface area (Å²) in [7, 11) is 0. The van der Waals surface area contributed by atoms with Crippen molar-refractivity contribution in [2.75, 3.05) is 13.1 Å². The Bertz CT molecular complexity index is 1280. The van der Waals surface area contributed by atoms with E-state index in [4.69, 9.17) is 0 Å². The van der Waals surface area contributed by atoms with E-state index < -0.39 is 0 Å². The van der Waals surface area contributed by atoms with E-state index in [2.05, 4.69) is 50.8 Å². The highest BCUT2D eigenvalue weighted by atomic mass is 16.1. The summed E-state index contributed by atoms with van der Waals surface area (Å²) in [5, 5.41) is 12.9. The van der Waals surface area contributed by atoms with Crippen LogP contribution in [0.3, 0.4) is 0 Å². The number of hydrogen-bond acceptors (Lipinski definition) is 5. The molecule has 0 spiro atoms. The first-order chi connectivity index (χ1) is 15.8. The number of fused-ring (bicyclic) bond motifs is 4. The van der Waals surface area contributed by atoms with Crippen molar-refractivity contribution in [2.45, 2.75) is 24.9 Å². The molecule has 2 aromatic carbocycles. The maximum Gasteiger partial charge on any atom is 0.250 e. The Hall–Kier alpha value is -3.58. The first-order valence-electron chi connectivity index (χ1n) is 11.1. The van der Waals surface area contributed by atoms with Crippen LogP contribution in [0.1, 0.15) is 35.5 Å². The number of tetrazole rings is 1. The van der Waals surface area contributed by atoms with Crippen LogP contribution < -0.4 is 5.56 Å². The monoisotopic (exact) mass is 424 g/mol. The average molecular weight is 425 g/mol. The molecule has 0 amide bonds. The van der Waals surface area contributed by atoms with Gasteiger partial charge in [-0.2, -0.15) is 4.68 Å². The van der Waals surface area contributed by atoms with Crippen LogP contribution in [0.25, 0.3) is 5.69 Å². The summed E-state index contributed by atoms with van der Waals surface area (Å²) >= 11 is 0. The van der Waals surface area contributed by atoms with Gasteiger partial charge in [-0.15, -0.1) is 5.10 Å². The fourth-order valence-electron chi connectivity index (χ4n) is 5.42. The lowest BCUT2D eigenvalue weighted by Gasteiger charge is -2.45. The van der Waals surface area contributed by atoms with E-state index in [-0.39, 0.29) is 11.6 Å². The number of pyridine rings is 1. The largest absolute Gasteiger partial charge is 0.312 e. The van der Waals surface area contributed by atoms with Gasteiger partial charge in [-0.05, 0) is 46.5 Å². The van der Waals surface area contributed by atoms with Gasteiger partial charge in [0.15, 0.2) is 5.82 Å². The van der Waals surface area contributed by atoms with Crippen LogP contribution in [0.2, 0.25) is 0 Å². The van der Waals surface area contributed by atoms with Crippen molar-refractivity contribution in [1.82, 2.24) is 29.7 Å². The third-order valence-corrected chi connectivity index (χ3v) is 6.73. The number of piperidine rings is 1. The molecule has 1 saturated heterocycles. The normalized spacial score (nSPS) is 21.1. The van der Waals surface area contributed by atoms with Crippen molar-refractivity contribution in [2.24, 2.45) is 5.92 Å². The molecule has 0 N–H and O–H groups in total. The Morgan fingerprint density at radius 3 is 2.44 bits per heavy atom. The molecule has 7 nitrogen and oxygen atoms in total. The second kappa shape index (κ2) is 7.84. The molecule has 3 atom stereocenters. The van der Waals surface area contributed by atoms with Gasteiger partial charge < -0.3 is 4.57 Å². The molecular weight excluding hydrogens is 400 g/mol. The minimum atomic E-state index is -0.0707. The van der Waals surface area contributed by atoms with Crippen LogP contribution in [-0.2, 0) is 6.54 Å². The lowest BCUT2D eigenvalue weighted by atomic mass is 9.82. The number of hydrogen-bond donors (Lipinski definition) is 0. The highest BCUT2D eigenvalue weighted by Crippen LogP contribution is 2.40. The predicted octanol–water partition coefficient (Wildman–Crippen LogP) is 3.03. The molecule has 1 unspecified atom stereocenters. The van der Waals surface area contributed by atoms with Crippen molar-refractivity contribution in [3.8, 4) is 5.69 Å². The number of aromatic nitrogens is 5. The second-order valence-electron chi connectivity index (χ2n) is 8.75. The average Bonchev–Trinajstić information content (AvgIpc) is 3.31. The lowest BCUT2D eigenvalue weighted by Crippen LogP contribution is -2.48. The molecule has 2 bridgehead atoms. The maximum absolute atomic E-state index is 12.4. The topological polar surface area (TPSA) is 68.8 Å². The third kappa shape index (κ3) is 3.26. The summed E-state index contributed by atoms with van der Waals surface area (Å²) in [4.78, 5) is 14.9. The molecule has 32 heavy (non-hydrogen) atoms. The van der Waals surface area contributed by atoms with Gasteiger partial charge in [0.2, 0.25) is 0 Å². The van der Waals surface area contributed by atoms with Crippen LogP contribution in [0.4, 0.5) is 0 Å². The second-order valence-corrected chi connectivity index (χ2v) is 8.75. The minimum Gasteiger partial charge on any atom is -0.312 e. The zero-order chi connectivity index (χ0) is 21.5. The number of nitrogens with zero attached hydrogens (tertiary/aromatic N) is 6. The van der Waals surface area contributed by atoms with Gasteiger partial charge in [0.05, 0.1) is 11.7 Å². The molecule has 7 heteroatoms. The Kier molecular flexibility index (Phi) is 4.69. The Morgan fingerprint density at radius 2 is 1.62 bits per heavy atom. The van der Waals surface area contributed by atoms with E-state index >= 15 is 0 Å². The molecule has 0 aliphatic carbocycles.